The Bertz CT molecular complexity index is 911. The fourth-order valence-electron chi connectivity index (χ4n) is 3.15. The van der Waals surface area contributed by atoms with Gasteiger partial charge in [0.1, 0.15) is 10.5 Å². The van der Waals surface area contributed by atoms with Gasteiger partial charge in [-0.3, -0.25) is 4.79 Å². The van der Waals surface area contributed by atoms with Crippen LogP contribution in [0, 0.1) is 12.8 Å². The zero-order valence-electron chi connectivity index (χ0n) is 14.2. The molecular weight excluding hydrogens is 336 g/mol. The lowest BCUT2D eigenvalue weighted by Gasteiger charge is -2.17. The number of sulfone groups is 1. The van der Waals surface area contributed by atoms with Gasteiger partial charge < -0.3 is 4.74 Å². The molecule has 0 saturated heterocycles. The highest BCUT2D eigenvalue weighted by Crippen LogP contribution is 2.55. The summed E-state index contributed by atoms with van der Waals surface area (Å²) in [4.78, 5) is 13.3. The molecule has 5 heteroatoms. The maximum Gasteiger partial charge on any atom is 0.192 e. The van der Waals surface area contributed by atoms with Gasteiger partial charge in [0.15, 0.2) is 15.6 Å². The van der Waals surface area contributed by atoms with Gasteiger partial charge in [-0.1, -0.05) is 23.8 Å². The minimum Gasteiger partial charge on any atom is -0.497 e. The normalized spacial score (nSPS) is 22.2. The molecule has 1 aliphatic carbocycles. The SMILES string of the molecule is C=CC1CC1(C(=O)c1ccc(OC)cc1)S(=O)(=O)c1ccc(C)cc1. The van der Waals surface area contributed by atoms with Crippen LogP contribution in [0.3, 0.4) is 0 Å². The molecule has 0 amide bonds. The van der Waals surface area contributed by atoms with E-state index in [2.05, 4.69) is 6.58 Å². The summed E-state index contributed by atoms with van der Waals surface area (Å²) in [5.74, 6) is -0.155. The molecule has 2 aromatic rings. The Kier molecular flexibility index (Phi) is 4.29. The summed E-state index contributed by atoms with van der Waals surface area (Å²) in [6.07, 6.45) is 1.82. The van der Waals surface area contributed by atoms with Gasteiger partial charge in [-0.2, -0.15) is 0 Å². The highest BCUT2D eigenvalue weighted by atomic mass is 32.2. The molecule has 0 aliphatic heterocycles. The number of ketones is 1. The Hall–Kier alpha value is -2.40. The molecule has 0 spiro atoms. The molecule has 1 fully saturated rings. The second-order valence-electron chi connectivity index (χ2n) is 6.31. The minimum atomic E-state index is -3.82. The molecule has 25 heavy (non-hydrogen) atoms. The quantitative estimate of drug-likeness (QED) is 0.586. The maximum atomic E-state index is 13.2. The number of rotatable bonds is 6. The summed E-state index contributed by atoms with van der Waals surface area (Å²) in [5, 5.41) is 0. The van der Waals surface area contributed by atoms with Crippen LogP contribution in [0.2, 0.25) is 0 Å². The van der Waals surface area contributed by atoms with Crippen LogP contribution in [-0.4, -0.2) is 26.1 Å². The standard InChI is InChI=1S/C20H20O4S/c1-4-16-13-20(16,19(21)15-7-9-17(24-3)10-8-15)25(22,23)18-11-5-14(2)6-12-18/h4-12,16H,1,13H2,2-3H3. The van der Waals surface area contributed by atoms with Crippen LogP contribution >= 0.6 is 0 Å². The maximum absolute atomic E-state index is 13.2. The molecule has 2 atom stereocenters. The van der Waals surface area contributed by atoms with Crippen molar-refractivity contribution < 1.29 is 17.9 Å². The van der Waals surface area contributed by atoms with Crippen LogP contribution in [-0.2, 0) is 9.84 Å². The summed E-state index contributed by atoms with van der Waals surface area (Å²) in [6.45, 7) is 5.59. The van der Waals surface area contributed by atoms with Gasteiger partial charge in [0, 0.05) is 11.5 Å². The molecule has 0 heterocycles. The van der Waals surface area contributed by atoms with Crippen molar-refractivity contribution in [1.82, 2.24) is 0 Å². The van der Waals surface area contributed by atoms with Gasteiger partial charge in [-0.05, 0) is 49.7 Å². The molecule has 2 unspecified atom stereocenters. The summed E-state index contributed by atoms with van der Waals surface area (Å²) >= 11 is 0. The first-order valence-corrected chi connectivity index (χ1v) is 9.48. The van der Waals surface area contributed by atoms with E-state index in [1.54, 1.807) is 54.6 Å². The van der Waals surface area contributed by atoms with Crippen LogP contribution in [0.25, 0.3) is 0 Å². The fourth-order valence-corrected chi connectivity index (χ4v) is 5.32. The molecule has 1 aliphatic rings. The molecule has 0 N–H and O–H groups in total. The lowest BCUT2D eigenvalue weighted by atomic mass is 10.1. The summed E-state index contributed by atoms with van der Waals surface area (Å²) in [6, 6.07) is 13.1. The number of Topliss-reactive ketones (excluding diaryl/α,β-unsaturated/α-hetero) is 1. The molecule has 1 saturated carbocycles. The molecule has 130 valence electrons. The van der Waals surface area contributed by atoms with Crippen molar-refractivity contribution in [1.29, 1.82) is 0 Å². The zero-order chi connectivity index (χ0) is 18.2. The monoisotopic (exact) mass is 356 g/mol. The van der Waals surface area contributed by atoms with Crippen molar-refractivity contribution in [2.75, 3.05) is 7.11 Å². The van der Waals surface area contributed by atoms with E-state index in [9.17, 15) is 13.2 Å². The Morgan fingerprint density at radius 2 is 1.76 bits per heavy atom. The molecule has 4 nitrogen and oxygen atoms in total. The van der Waals surface area contributed by atoms with Gasteiger partial charge in [0.05, 0.1) is 12.0 Å². The Labute approximate surface area is 148 Å². The number of hydrogen-bond donors (Lipinski definition) is 0. The first-order chi connectivity index (χ1) is 11.9. The van der Waals surface area contributed by atoms with Crippen LogP contribution in [0.5, 0.6) is 5.75 Å². The first-order valence-electron chi connectivity index (χ1n) is 7.99. The third-order valence-corrected chi connectivity index (χ3v) is 7.30. The van der Waals surface area contributed by atoms with Crippen LogP contribution in [0.4, 0.5) is 0 Å². The third-order valence-electron chi connectivity index (χ3n) is 4.79. The molecular formula is C20H20O4S. The highest BCUT2D eigenvalue weighted by Gasteiger charge is 2.67. The Morgan fingerprint density at radius 3 is 2.24 bits per heavy atom. The van der Waals surface area contributed by atoms with E-state index in [1.807, 2.05) is 6.92 Å². The van der Waals surface area contributed by atoms with E-state index in [0.717, 1.165) is 5.56 Å². The van der Waals surface area contributed by atoms with Gasteiger partial charge in [-0.15, -0.1) is 6.58 Å². The average Bonchev–Trinajstić information content (AvgIpc) is 3.38. The summed E-state index contributed by atoms with van der Waals surface area (Å²) < 4.78 is 30.1. The number of hydrogen-bond acceptors (Lipinski definition) is 4. The Morgan fingerprint density at radius 1 is 1.16 bits per heavy atom. The number of ether oxygens (including phenoxy) is 1. The minimum absolute atomic E-state index is 0.171. The lowest BCUT2D eigenvalue weighted by Crippen LogP contribution is -2.35. The summed E-state index contributed by atoms with van der Waals surface area (Å²) in [5.41, 5.74) is 1.33. The van der Waals surface area contributed by atoms with Crippen molar-refractivity contribution in [2.45, 2.75) is 23.0 Å². The number of benzene rings is 2. The topological polar surface area (TPSA) is 60.4 Å². The average molecular weight is 356 g/mol. The fraction of sp³-hybridized carbons (Fsp3) is 0.250. The highest BCUT2D eigenvalue weighted by molar-refractivity contribution is 7.94. The van der Waals surface area contributed by atoms with E-state index in [1.165, 1.54) is 7.11 Å². The van der Waals surface area contributed by atoms with Crippen molar-refractivity contribution in [3.8, 4) is 5.75 Å². The number of aryl methyl sites for hydroxylation is 1. The second kappa shape index (κ2) is 6.15. The Balaban J connectivity index is 2.06. The first kappa shape index (κ1) is 17.4. The molecule has 0 aromatic heterocycles. The number of carbonyl (C=O) groups is 1. The molecule has 0 radical (unpaired) electrons. The largest absolute Gasteiger partial charge is 0.497 e. The van der Waals surface area contributed by atoms with Crippen LogP contribution < -0.4 is 4.74 Å². The molecule has 2 aromatic carbocycles. The number of methoxy groups -OCH3 is 1. The van der Waals surface area contributed by atoms with E-state index in [-0.39, 0.29) is 23.0 Å². The second-order valence-corrected chi connectivity index (χ2v) is 8.52. The van der Waals surface area contributed by atoms with E-state index >= 15 is 0 Å². The van der Waals surface area contributed by atoms with Gasteiger partial charge >= 0.3 is 0 Å². The van der Waals surface area contributed by atoms with E-state index in [4.69, 9.17) is 4.74 Å². The number of allylic oxidation sites excluding steroid dienone is 1. The van der Waals surface area contributed by atoms with Crippen molar-refractivity contribution in [2.24, 2.45) is 5.92 Å². The van der Waals surface area contributed by atoms with Gasteiger partial charge in [0.2, 0.25) is 0 Å². The van der Waals surface area contributed by atoms with Crippen LogP contribution in [0.15, 0.2) is 66.1 Å². The van der Waals surface area contributed by atoms with Gasteiger partial charge in [-0.25, -0.2) is 8.42 Å². The lowest BCUT2D eigenvalue weighted by molar-refractivity contribution is 0.0974. The third kappa shape index (κ3) is 2.68. The zero-order valence-corrected chi connectivity index (χ0v) is 15.0. The van der Waals surface area contributed by atoms with Gasteiger partial charge in [0.25, 0.3) is 0 Å². The predicted octanol–water partition coefficient (Wildman–Crippen LogP) is 3.60. The molecule has 3 rings (SSSR count). The van der Waals surface area contributed by atoms with Crippen LogP contribution in [0.1, 0.15) is 22.3 Å². The smallest absolute Gasteiger partial charge is 0.192 e. The van der Waals surface area contributed by atoms with E-state index in [0.29, 0.717) is 11.3 Å². The van der Waals surface area contributed by atoms with Crippen molar-refractivity contribution >= 4 is 15.6 Å². The molecule has 0 bridgehead atoms. The predicted molar refractivity (Wildman–Crippen MR) is 96.7 cm³/mol. The van der Waals surface area contributed by atoms with Crippen molar-refractivity contribution in [3.63, 3.8) is 0 Å². The van der Waals surface area contributed by atoms with E-state index < -0.39 is 14.6 Å². The number of carbonyl (C=O) groups excluding carboxylic acids is 1. The summed E-state index contributed by atoms with van der Waals surface area (Å²) in [7, 11) is -2.28. The van der Waals surface area contributed by atoms with Crippen molar-refractivity contribution in [3.05, 3.63) is 72.3 Å².